The number of hydrogen-bond acceptors (Lipinski definition) is 9. The molecule has 1 fully saturated rings. The summed E-state index contributed by atoms with van der Waals surface area (Å²) < 4.78 is 44.2. The van der Waals surface area contributed by atoms with E-state index in [4.69, 9.17) is 19.0 Å². The molecular formula is C24H24F2N8O4. The van der Waals surface area contributed by atoms with Gasteiger partial charge in [-0.3, -0.25) is 4.98 Å². The van der Waals surface area contributed by atoms with Crippen molar-refractivity contribution in [1.82, 2.24) is 40.2 Å². The van der Waals surface area contributed by atoms with Crippen molar-refractivity contribution in [2.24, 2.45) is 0 Å². The van der Waals surface area contributed by atoms with Crippen LogP contribution in [0.2, 0.25) is 0 Å². The predicted octanol–water partition coefficient (Wildman–Crippen LogP) is 2.94. The van der Waals surface area contributed by atoms with Crippen molar-refractivity contribution >= 4 is 11.7 Å². The minimum absolute atomic E-state index is 0.128. The van der Waals surface area contributed by atoms with Gasteiger partial charge in [0.15, 0.2) is 17.1 Å². The predicted molar refractivity (Wildman–Crippen MR) is 127 cm³/mol. The molecule has 1 saturated carbocycles. The van der Waals surface area contributed by atoms with Crippen molar-refractivity contribution in [3.63, 3.8) is 0 Å². The maximum Gasteiger partial charge on any atom is 0.317 e. The lowest BCUT2D eigenvalue weighted by Gasteiger charge is -2.37. The summed E-state index contributed by atoms with van der Waals surface area (Å²) in [6.07, 6.45) is -0.0649. The van der Waals surface area contributed by atoms with Crippen molar-refractivity contribution in [2.75, 3.05) is 13.7 Å². The third-order valence-corrected chi connectivity index (χ3v) is 6.57. The lowest BCUT2D eigenvalue weighted by molar-refractivity contribution is -0.0903. The van der Waals surface area contributed by atoms with Crippen LogP contribution in [0, 0.1) is 6.92 Å². The van der Waals surface area contributed by atoms with Crippen LogP contribution in [0.15, 0.2) is 28.8 Å². The summed E-state index contributed by atoms with van der Waals surface area (Å²) in [7, 11) is 1.51. The van der Waals surface area contributed by atoms with Crippen molar-refractivity contribution in [1.29, 1.82) is 0 Å². The highest BCUT2D eigenvalue weighted by Gasteiger charge is 2.46. The summed E-state index contributed by atoms with van der Waals surface area (Å²) in [6.45, 7) is 2.72. The first kappa shape index (κ1) is 24.0. The Hall–Kier alpha value is -4.36. The molecule has 0 spiro atoms. The summed E-state index contributed by atoms with van der Waals surface area (Å²) in [5, 5.41) is 19.4. The number of hydrogen-bond donors (Lipinski definition) is 1. The number of ether oxygens (including phenoxy) is 2. The molecule has 38 heavy (non-hydrogen) atoms. The van der Waals surface area contributed by atoms with E-state index in [1.54, 1.807) is 24.0 Å². The van der Waals surface area contributed by atoms with Crippen LogP contribution < -0.4 is 14.8 Å². The number of carbonyl (C=O) groups excluding carboxylic acids is 1. The van der Waals surface area contributed by atoms with E-state index in [1.165, 1.54) is 11.6 Å². The standard InChI is InChI=1S/C24H24F2N8O4/c1-13-7-18(32-38-13)21-30-29-20-8-19(36-2)22(31-34(20)21)37-12-15-4-3-14-11-33(6-5-17(14)27-15)23(35)28-16-9-24(25,26)10-16/h3-4,7-8,16H,5-6,9-12H2,1-2H3,(H,28,35). The van der Waals surface area contributed by atoms with Crippen LogP contribution in [-0.4, -0.2) is 66.5 Å². The van der Waals surface area contributed by atoms with Crippen LogP contribution in [-0.2, 0) is 19.6 Å². The van der Waals surface area contributed by atoms with E-state index in [-0.39, 0.29) is 31.4 Å². The maximum absolute atomic E-state index is 13.1. The highest BCUT2D eigenvalue weighted by atomic mass is 19.3. The molecule has 2 aliphatic rings. The second-order valence-corrected chi connectivity index (χ2v) is 9.41. The van der Waals surface area contributed by atoms with Crippen LogP contribution in [0.3, 0.4) is 0 Å². The van der Waals surface area contributed by atoms with Crippen molar-refractivity contribution in [3.05, 3.63) is 47.0 Å². The van der Waals surface area contributed by atoms with Crippen molar-refractivity contribution < 1.29 is 27.6 Å². The van der Waals surface area contributed by atoms with Gasteiger partial charge >= 0.3 is 6.03 Å². The Morgan fingerprint density at radius 1 is 1.26 bits per heavy atom. The van der Waals surface area contributed by atoms with Crippen LogP contribution in [0.1, 0.15) is 35.6 Å². The van der Waals surface area contributed by atoms with E-state index >= 15 is 0 Å². The molecule has 4 aromatic heterocycles. The smallest absolute Gasteiger partial charge is 0.317 e. The summed E-state index contributed by atoms with van der Waals surface area (Å²) in [5.74, 6) is -1.03. The molecule has 1 N–H and O–H groups in total. The number of aromatic nitrogens is 6. The molecule has 14 heteroatoms. The highest BCUT2D eigenvalue weighted by molar-refractivity contribution is 5.75. The number of fused-ring (bicyclic) bond motifs is 2. The van der Waals surface area contributed by atoms with E-state index in [1.807, 2.05) is 12.1 Å². The Morgan fingerprint density at radius 3 is 2.84 bits per heavy atom. The van der Waals surface area contributed by atoms with Gasteiger partial charge in [-0.25, -0.2) is 13.6 Å². The molecule has 1 aliphatic carbocycles. The molecule has 6 rings (SSSR count). The second-order valence-electron chi connectivity index (χ2n) is 9.41. The number of halogens is 2. The average Bonchev–Trinajstić information content (AvgIpc) is 3.50. The zero-order valence-electron chi connectivity index (χ0n) is 20.6. The zero-order chi connectivity index (χ0) is 26.4. The third-order valence-electron chi connectivity index (χ3n) is 6.57. The fourth-order valence-electron chi connectivity index (χ4n) is 4.56. The maximum atomic E-state index is 13.1. The van der Waals surface area contributed by atoms with Gasteiger partial charge in [0.2, 0.25) is 5.82 Å². The number of methoxy groups -OCH3 is 1. The number of nitrogens with one attached hydrogen (secondary N) is 1. The Labute approximate surface area is 214 Å². The normalized spacial score (nSPS) is 16.7. The first-order valence-electron chi connectivity index (χ1n) is 12.1. The van der Waals surface area contributed by atoms with Gasteiger partial charge < -0.3 is 24.2 Å². The summed E-state index contributed by atoms with van der Waals surface area (Å²) in [4.78, 5) is 18.8. The fraction of sp³-hybridized carbons (Fsp3) is 0.417. The zero-order valence-corrected chi connectivity index (χ0v) is 20.6. The van der Waals surface area contributed by atoms with Crippen LogP contribution in [0.25, 0.3) is 17.2 Å². The third kappa shape index (κ3) is 4.57. The van der Waals surface area contributed by atoms with Gasteiger partial charge in [-0.15, -0.1) is 15.3 Å². The second kappa shape index (κ2) is 9.19. The van der Waals surface area contributed by atoms with Gasteiger partial charge in [-0.1, -0.05) is 11.2 Å². The summed E-state index contributed by atoms with van der Waals surface area (Å²) in [6, 6.07) is 6.31. The average molecular weight is 527 g/mol. The first-order valence-corrected chi connectivity index (χ1v) is 12.1. The fourth-order valence-corrected chi connectivity index (χ4v) is 4.56. The molecule has 2 amide bonds. The van der Waals surface area contributed by atoms with Crippen molar-refractivity contribution in [3.8, 4) is 23.1 Å². The Morgan fingerprint density at radius 2 is 2.11 bits per heavy atom. The van der Waals surface area contributed by atoms with Crippen LogP contribution in [0.5, 0.6) is 11.6 Å². The monoisotopic (exact) mass is 526 g/mol. The van der Waals surface area contributed by atoms with Crippen LogP contribution in [0.4, 0.5) is 13.6 Å². The molecule has 5 heterocycles. The number of aryl methyl sites for hydroxylation is 1. The summed E-state index contributed by atoms with van der Waals surface area (Å²) in [5.41, 5.74) is 3.39. The minimum atomic E-state index is -2.67. The van der Waals surface area contributed by atoms with Gasteiger partial charge in [0.25, 0.3) is 11.8 Å². The van der Waals surface area contributed by atoms with Gasteiger partial charge in [-0.05, 0) is 18.6 Å². The van der Waals surface area contributed by atoms with E-state index < -0.39 is 12.0 Å². The number of nitrogens with zero attached hydrogens (tertiary/aromatic N) is 7. The van der Waals surface area contributed by atoms with Gasteiger partial charge in [0.05, 0.1) is 12.8 Å². The molecule has 0 aromatic carbocycles. The molecule has 198 valence electrons. The molecule has 0 bridgehead atoms. The number of carbonyl (C=O) groups is 1. The van der Waals surface area contributed by atoms with Gasteiger partial charge in [0, 0.05) is 56.2 Å². The van der Waals surface area contributed by atoms with Gasteiger partial charge in [0.1, 0.15) is 12.4 Å². The number of rotatable bonds is 6. The SMILES string of the molecule is COc1cc2nnc(-c3cc(C)on3)n2nc1OCc1ccc2c(n1)CCN(C(=O)NC1CC(F)(F)C1)C2. The van der Waals surface area contributed by atoms with E-state index in [0.29, 0.717) is 53.9 Å². The Bertz CT molecular complexity index is 1510. The van der Waals surface area contributed by atoms with E-state index in [0.717, 1.165) is 11.3 Å². The quantitative estimate of drug-likeness (QED) is 0.403. The summed E-state index contributed by atoms with van der Waals surface area (Å²) >= 11 is 0. The number of amides is 2. The number of alkyl halides is 2. The van der Waals surface area contributed by atoms with Gasteiger partial charge in [-0.2, -0.15) is 4.52 Å². The van der Waals surface area contributed by atoms with E-state index in [2.05, 4.69) is 25.8 Å². The van der Waals surface area contributed by atoms with Crippen LogP contribution >= 0.6 is 0 Å². The number of urea groups is 1. The minimum Gasteiger partial charge on any atom is -0.491 e. The largest absolute Gasteiger partial charge is 0.491 e. The molecule has 0 radical (unpaired) electrons. The topological polar surface area (TPSA) is 133 Å². The Kier molecular flexibility index (Phi) is 5.80. The molecule has 12 nitrogen and oxygen atoms in total. The van der Waals surface area contributed by atoms with Crippen molar-refractivity contribution in [2.45, 2.75) is 51.3 Å². The Balaban J connectivity index is 1.14. The number of pyridine rings is 1. The molecule has 1 aliphatic heterocycles. The molecule has 0 unspecified atom stereocenters. The highest BCUT2D eigenvalue weighted by Crippen LogP contribution is 2.37. The lowest BCUT2D eigenvalue weighted by Crippen LogP contribution is -2.54. The lowest BCUT2D eigenvalue weighted by atomic mass is 9.88. The molecule has 0 saturated heterocycles. The molecule has 4 aromatic rings. The van der Waals surface area contributed by atoms with E-state index in [9.17, 15) is 13.6 Å². The molecular weight excluding hydrogens is 502 g/mol. The first-order chi connectivity index (χ1) is 18.3. The molecule has 0 atom stereocenters.